The molecule has 0 bridgehead atoms. The van der Waals surface area contributed by atoms with Gasteiger partial charge in [0.1, 0.15) is 5.75 Å². The van der Waals surface area contributed by atoms with Gasteiger partial charge in [0.25, 0.3) is 0 Å². The molecule has 1 aliphatic carbocycles. The zero-order chi connectivity index (χ0) is 27.1. The van der Waals surface area contributed by atoms with Crippen LogP contribution in [0.25, 0.3) is 5.69 Å². The highest BCUT2D eigenvalue weighted by Gasteiger charge is 2.42. The average Bonchev–Trinajstić information content (AvgIpc) is 3.64. The topological polar surface area (TPSA) is 42.3 Å². The number of aromatic nitrogens is 2. The van der Waals surface area contributed by atoms with Gasteiger partial charge < -0.3 is 19.5 Å². The highest BCUT2D eigenvalue weighted by atomic mass is 32.1. The van der Waals surface area contributed by atoms with Gasteiger partial charge in [0.2, 0.25) is 0 Å². The second-order valence-electron chi connectivity index (χ2n) is 10.9. The van der Waals surface area contributed by atoms with Crippen molar-refractivity contribution in [1.82, 2.24) is 14.9 Å². The van der Waals surface area contributed by atoms with Crippen molar-refractivity contribution in [3.8, 4) is 11.4 Å². The first-order valence-corrected chi connectivity index (χ1v) is 14.4. The molecule has 3 heterocycles. The van der Waals surface area contributed by atoms with Crippen LogP contribution in [0.3, 0.4) is 0 Å². The van der Waals surface area contributed by atoms with Crippen molar-refractivity contribution < 1.29 is 4.74 Å². The number of thiocarbonyl (C=S) groups is 1. The van der Waals surface area contributed by atoms with Crippen molar-refractivity contribution >= 4 is 23.0 Å². The lowest BCUT2D eigenvalue weighted by molar-refractivity contribution is 0.210. The smallest absolute Gasteiger partial charge is 0.174 e. The molecular weight excluding hydrogens is 500 g/mol. The molecule has 39 heavy (non-hydrogen) atoms. The first-order valence-electron chi connectivity index (χ1n) is 13.9. The van der Waals surface area contributed by atoms with Crippen LogP contribution < -0.4 is 15.0 Å². The second-order valence-corrected chi connectivity index (χ2v) is 11.3. The van der Waals surface area contributed by atoms with Crippen LogP contribution in [-0.2, 0) is 0 Å². The molecule has 5 nitrogen and oxygen atoms in total. The van der Waals surface area contributed by atoms with Crippen molar-refractivity contribution in [1.29, 1.82) is 0 Å². The fraction of sp³-hybridized carbons (Fsp3) is 0.333. The van der Waals surface area contributed by atoms with E-state index >= 15 is 0 Å². The number of aryl methyl sites for hydroxylation is 3. The number of nitrogens with one attached hydrogen (secondary N) is 1. The van der Waals surface area contributed by atoms with E-state index in [1.165, 1.54) is 46.6 Å². The van der Waals surface area contributed by atoms with Crippen LogP contribution in [0, 0.1) is 27.7 Å². The third kappa shape index (κ3) is 4.71. The Hall–Kier alpha value is -3.64. The maximum absolute atomic E-state index is 6.25. The monoisotopic (exact) mass is 536 g/mol. The Morgan fingerprint density at radius 1 is 0.897 bits per heavy atom. The lowest BCUT2D eigenvalue weighted by Gasteiger charge is -2.28. The predicted octanol–water partition coefficient (Wildman–Crippen LogP) is 7.60. The van der Waals surface area contributed by atoms with Gasteiger partial charge in [-0.15, -0.1) is 0 Å². The highest BCUT2D eigenvalue weighted by molar-refractivity contribution is 7.80. The van der Waals surface area contributed by atoms with Gasteiger partial charge in [0.15, 0.2) is 5.11 Å². The number of hydrogen-bond donors (Lipinski definition) is 1. The predicted molar refractivity (Wildman–Crippen MR) is 162 cm³/mol. The van der Waals surface area contributed by atoms with Crippen LogP contribution in [0.5, 0.6) is 5.75 Å². The molecule has 0 spiro atoms. The van der Waals surface area contributed by atoms with E-state index in [0.29, 0.717) is 11.2 Å². The molecule has 6 rings (SSSR count). The Kier molecular flexibility index (Phi) is 6.90. The molecule has 4 aromatic rings. The van der Waals surface area contributed by atoms with Crippen molar-refractivity contribution in [2.45, 2.75) is 71.6 Å². The number of ether oxygens (including phenoxy) is 1. The van der Waals surface area contributed by atoms with Gasteiger partial charge in [0, 0.05) is 23.3 Å². The van der Waals surface area contributed by atoms with E-state index in [1.54, 1.807) is 0 Å². The Morgan fingerprint density at radius 2 is 1.62 bits per heavy atom. The van der Waals surface area contributed by atoms with Gasteiger partial charge in [-0.25, -0.2) is 0 Å². The molecule has 0 amide bonds. The van der Waals surface area contributed by atoms with Crippen LogP contribution in [0.2, 0.25) is 0 Å². The lowest BCUT2D eigenvalue weighted by Crippen LogP contribution is -2.29. The minimum Gasteiger partial charge on any atom is -0.490 e. The number of anilines is 1. The molecule has 2 aromatic carbocycles. The summed E-state index contributed by atoms with van der Waals surface area (Å²) in [5, 5.41) is 4.32. The highest BCUT2D eigenvalue weighted by Crippen LogP contribution is 2.44. The largest absolute Gasteiger partial charge is 0.490 e. The minimum atomic E-state index is -0.0833. The van der Waals surface area contributed by atoms with Crippen molar-refractivity contribution in [3.05, 3.63) is 107 Å². The SMILES string of the molecule is Cc1cccc(C)c1-n1c(C)cc([C@@H]2[C@@H](c3ccccn3)NC(=S)N2c2ccc(OC3CCCC3)cc2)c1C. The number of nitrogens with zero attached hydrogens (tertiary/aromatic N) is 3. The van der Waals surface area contributed by atoms with Gasteiger partial charge in [-0.2, -0.15) is 0 Å². The fourth-order valence-electron chi connectivity index (χ4n) is 6.42. The standard InChI is InChI=1S/C33H36N4OS/c1-21-10-9-11-22(2)31(21)36-23(3)20-28(24(36)4)32-30(29-14-7-8-19-34-29)35-33(39)37(32)25-15-17-27(18-16-25)38-26-12-5-6-13-26/h7-11,14-20,26,30,32H,5-6,12-13H2,1-4H3,(H,35,39)/t30-,32-/m1/s1. The maximum Gasteiger partial charge on any atom is 0.174 e. The summed E-state index contributed by atoms with van der Waals surface area (Å²) in [6.07, 6.45) is 7.00. The summed E-state index contributed by atoms with van der Waals surface area (Å²) < 4.78 is 8.65. The molecule has 1 saturated heterocycles. The number of pyridine rings is 1. The minimum absolute atomic E-state index is 0.0572. The van der Waals surface area contributed by atoms with Gasteiger partial charge in [-0.05, 0) is 125 Å². The average molecular weight is 537 g/mol. The summed E-state index contributed by atoms with van der Waals surface area (Å²) in [6.45, 7) is 8.79. The Labute approximate surface area is 236 Å². The van der Waals surface area contributed by atoms with Gasteiger partial charge in [-0.3, -0.25) is 4.98 Å². The first kappa shape index (κ1) is 25.6. The molecule has 0 radical (unpaired) electrons. The number of hydrogen-bond acceptors (Lipinski definition) is 3. The second kappa shape index (κ2) is 10.5. The van der Waals surface area contributed by atoms with Crippen molar-refractivity contribution in [2.24, 2.45) is 0 Å². The summed E-state index contributed by atoms with van der Waals surface area (Å²) in [5.41, 5.74) is 9.47. The van der Waals surface area contributed by atoms with Crippen LogP contribution in [0.1, 0.15) is 71.5 Å². The first-order chi connectivity index (χ1) is 18.9. The molecule has 2 aliphatic rings. The molecule has 6 heteroatoms. The van der Waals surface area contributed by atoms with E-state index in [0.717, 1.165) is 30.0 Å². The zero-order valence-corrected chi connectivity index (χ0v) is 24.0. The molecule has 2 atom stereocenters. The zero-order valence-electron chi connectivity index (χ0n) is 23.1. The van der Waals surface area contributed by atoms with Crippen LogP contribution in [0.4, 0.5) is 5.69 Å². The summed E-state index contributed by atoms with van der Waals surface area (Å²) in [4.78, 5) is 7.00. The molecule has 0 unspecified atom stereocenters. The number of benzene rings is 2. The summed E-state index contributed by atoms with van der Waals surface area (Å²) in [6, 6.07) is 23.2. The molecule has 2 aromatic heterocycles. The molecule has 200 valence electrons. The normalized spacial score (nSPS) is 19.5. The summed E-state index contributed by atoms with van der Waals surface area (Å²) >= 11 is 5.99. The quantitative estimate of drug-likeness (QED) is 0.257. The maximum atomic E-state index is 6.25. The van der Waals surface area contributed by atoms with Crippen LogP contribution in [-0.4, -0.2) is 20.8 Å². The van der Waals surface area contributed by atoms with E-state index in [4.69, 9.17) is 21.9 Å². The molecule has 1 saturated carbocycles. The van der Waals surface area contributed by atoms with E-state index < -0.39 is 0 Å². The van der Waals surface area contributed by atoms with E-state index in [2.05, 4.69) is 97.1 Å². The Morgan fingerprint density at radius 3 is 2.28 bits per heavy atom. The van der Waals surface area contributed by atoms with Gasteiger partial charge >= 0.3 is 0 Å². The Balaban J connectivity index is 1.43. The van der Waals surface area contributed by atoms with E-state index in [1.807, 2.05) is 18.3 Å². The van der Waals surface area contributed by atoms with Gasteiger partial charge in [-0.1, -0.05) is 24.3 Å². The van der Waals surface area contributed by atoms with Crippen molar-refractivity contribution in [3.63, 3.8) is 0 Å². The molecule has 1 aliphatic heterocycles. The van der Waals surface area contributed by atoms with Gasteiger partial charge in [0.05, 0.1) is 29.6 Å². The van der Waals surface area contributed by atoms with Crippen molar-refractivity contribution in [2.75, 3.05) is 4.90 Å². The number of para-hydroxylation sites is 1. The third-order valence-electron chi connectivity index (χ3n) is 8.27. The summed E-state index contributed by atoms with van der Waals surface area (Å²) in [7, 11) is 0. The van der Waals surface area contributed by atoms with E-state index in [-0.39, 0.29) is 12.1 Å². The van der Waals surface area contributed by atoms with Crippen LogP contribution >= 0.6 is 12.2 Å². The molecule has 2 fully saturated rings. The molecule has 1 N–H and O–H groups in total. The summed E-state index contributed by atoms with van der Waals surface area (Å²) in [5.74, 6) is 0.926. The Bertz CT molecular complexity index is 1470. The fourth-order valence-corrected chi connectivity index (χ4v) is 6.77. The molecular formula is C33H36N4OS. The third-order valence-corrected chi connectivity index (χ3v) is 8.58. The lowest BCUT2D eigenvalue weighted by atomic mass is 9.96. The number of rotatable bonds is 6. The van der Waals surface area contributed by atoms with E-state index in [9.17, 15) is 0 Å². The van der Waals surface area contributed by atoms with Crippen LogP contribution in [0.15, 0.2) is 72.9 Å².